The summed E-state index contributed by atoms with van der Waals surface area (Å²) in [4.78, 5) is 11.5. The highest BCUT2D eigenvalue weighted by molar-refractivity contribution is 6.60. The van der Waals surface area contributed by atoms with Gasteiger partial charge in [-0.15, -0.1) is 0 Å². The van der Waals surface area contributed by atoms with Crippen molar-refractivity contribution < 1.29 is 9.53 Å². The van der Waals surface area contributed by atoms with E-state index in [4.69, 9.17) is 16.3 Å². The van der Waals surface area contributed by atoms with Gasteiger partial charge in [0.25, 0.3) is 0 Å². The Morgan fingerprint density at radius 3 is 2.32 bits per heavy atom. The second-order valence-corrected chi connectivity index (χ2v) is 10.9. The van der Waals surface area contributed by atoms with Crippen LogP contribution >= 0.6 is 11.6 Å². The van der Waals surface area contributed by atoms with Crippen molar-refractivity contribution in [3.8, 4) is 0 Å². The average molecular weight is 376 g/mol. The standard InChI is InChI=1S/C21H28ClO2Si/c1-16-2-4-17(5-3-16)18-11-14-25(15-12-18)20-8-6-19(7-9-20)24-21(23)10-13-22/h2-5,10,13,18-20H,6-9,11-12,14-15H2,1H3/b13-10+. The number of halogens is 1. The van der Waals surface area contributed by atoms with E-state index in [2.05, 4.69) is 31.2 Å². The van der Waals surface area contributed by atoms with Gasteiger partial charge in [-0.1, -0.05) is 53.5 Å². The molecule has 3 rings (SSSR count). The molecule has 2 fully saturated rings. The molecule has 4 heteroatoms. The van der Waals surface area contributed by atoms with E-state index >= 15 is 0 Å². The van der Waals surface area contributed by atoms with Crippen molar-refractivity contribution in [1.29, 1.82) is 0 Å². The number of benzene rings is 1. The zero-order valence-corrected chi connectivity index (χ0v) is 16.8. The van der Waals surface area contributed by atoms with Crippen LogP contribution < -0.4 is 0 Å². The molecule has 25 heavy (non-hydrogen) atoms. The Labute approximate surface area is 158 Å². The predicted octanol–water partition coefficient (Wildman–Crippen LogP) is 5.98. The van der Waals surface area contributed by atoms with Gasteiger partial charge in [-0.3, -0.25) is 0 Å². The van der Waals surface area contributed by atoms with Crippen LogP contribution in [0.5, 0.6) is 0 Å². The number of carbonyl (C=O) groups is 1. The first-order valence-electron chi connectivity index (χ1n) is 9.54. The van der Waals surface area contributed by atoms with Crippen LogP contribution in [0.15, 0.2) is 35.9 Å². The van der Waals surface area contributed by atoms with E-state index in [1.807, 2.05) is 0 Å². The predicted molar refractivity (Wildman–Crippen MR) is 106 cm³/mol. The maximum Gasteiger partial charge on any atom is 0.331 e. The number of aryl methyl sites for hydroxylation is 1. The zero-order chi connectivity index (χ0) is 17.6. The Morgan fingerprint density at radius 2 is 1.72 bits per heavy atom. The summed E-state index contributed by atoms with van der Waals surface area (Å²) >= 11 is 5.43. The summed E-state index contributed by atoms with van der Waals surface area (Å²) in [6.45, 7) is 2.16. The third-order valence-electron chi connectivity index (χ3n) is 5.91. The molecule has 1 aliphatic heterocycles. The van der Waals surface area contributed by atoms with E-state index in [1.54, 1.807) is 0 Å². The van der Waals surface area contributed by atoms with Crippen LogP contribution in [0.1, 0.15) is 55.6 Å². The lowest BCUT2D eigenvalue weighted by Gasteiger charge is -2.36. The maximum atomic E-state index is 11.5. The maximum absolute atomic E-state index is 11.5. The molecule has 0 atom stereocenters. The van der Waals surface area contributed by atoms with Gasteiger partial charge in [0.2, 0.25) is 0 Å². The van der Waals surface area contributed by atoms with Gasteiger partial charge in [-0.25, -0.2) is 4.79 Å². The van der Waals surface area contributed by atoms with Crippen molar-refractivity contribution in [3.63, 3.8) is 0 Å². The normalized spacial score (nSPS) is 26.0. The SMILES string of the molecule is Cc1ccc(C2CC[Si](C3CCC(OC(=O)/C=C/Cl)CC3)CC2)cc1. The molecule has 0 spiro atoms. The fourth-order valence-corrected chi connectivity index (χ4v) is 8.17. The number of hydrogen-bond acceptors (Lipinski definition) is 2. The van der Waals surface area contributed by atoms with E-state index in [-0.39, 0.29) is 20.9 Å². The molecule has 2 nitrogen and oxygen atoms in total. The van der Waals surface area contributed by atoms with E-state index in [1.165, 1.54) is 60.5 Å². The average Bonchev–Trinajstić information content (AvgIpc) is 2.63. The van der Waals surface area contributed by atoms with Gasteiger partial charge >= 0.3 is 5.97 Å². The first-order chi connectivity index (χ1) is 12.2. The molecule has 1 saturated carbocycles. The Balaban J connectivity index is 1.43. The quantitative estimate of drug-likeness (QED) is 0.367. The van der Waals surface area contributed by atoms with Gasteiger partial charge in [0.05, 0.1) is 8.80 Å². The smallest absolute Gasteiger partial charge is 0.331 e. The molecule has 0 unspecified atom stereocenters. The minimum Gasteiger partial charge on any atom is -0.459 e. The molecule has 1 radical (unpaired) electrons. The molecule has 1 heterocycles. The number of carbonyl (C=O) groups excluding carboxylic acids is 1. The first kappa shape index (κ1) is 18.7. The zero-order valence-electron chi connectivity index (χ0n) is 15.0. The van der Waals surface area contributed by atoms with Crippen LogP contribution in [0.3, 0.4) is 0 Å². The third kappa shape index (κ3) is 5.21. The lowest BCUT2D eigenvalue weighted by atomic mass is 9.93. The molecule has 1 aromatic carbocycles. The van der Waals surface area contributed by atoms with Crippen molar-refractivity contribution in [2.75, 3.05) is 0 Å². The van der Waals surface area contributed by atoms with Crippen LogP contribution in [-0.2, 0) is 9.53 Å². The van der Waals surface area contributed by atoms with E-state index < -0.39 is 0 Å². The summed E-state index contributed by atoms with van der Waals surface area (Å²) < 4.78 is 5.45. The summed E-state index contributed by atoms with van der Waals surface area (Å²) in [5, 5.41) is 0. The minimum absolute atomic E-state index is 0.100. The minimum atomic E-state index is -0.300. The second kappa shape index (κ2) is 9.04. The summed E-state index contributed by atoms with van der Waals surface area (Å²) in [5.41, 5.74) is 5.03. The second-order valence-electron chi connectivity index (χ2n) is 7.55. The molecule has 1 saturated heterocycles. The lowest BCUT2D eigenvalue weighted by Crippen LogP contribution is -2.31. The van der Waals surface area contributed by atoms with Gasteiger partial charge in [0.1, 0.15) is 6.10 Å². The summed E-state index contributed by atoms with van der Waals surface area (Å²) in [7, 11) is -0.233. The van der Waals surface area contributed by atoms with Crippen LogP contribution in [0.4, 0.5) is 0 Å². The number of hydrogen-bond donors (Lipinski definition) is 0. The molecular formula is C21H28ClO2Si. The van der Waals surface area contributed by atoms with Crippen LogP contribution in [0.25, 0.3) is 0 Å². The molecule has 0 bridgehead atoms. The molecule has 0 amide bonds. The molecule has 2 aliphatic rings. The van der Waals surface area contributed by atoms with Gasteiger partial charge in [-0.2, -0.15) is 0 Å². The highest BCUT2D eigenvalue weighted by Gasteiger charge is 2.33. The number of ether oxygens (including phenoxy) is 1. The Bertz CT molecular complexity index is 582. The van der Waals surface area contributed by atoms with Gasteiger partial charge < -0.3 is 4.74 Å². The largest absolute Gasteiger partial charge is 0.459 e. The van der Waals surface area contributed by atoms with Crippen molar-refractivity contribution in [2.45, 2.75) is 75.1 Å². The van der Waals surface area contributed by atoms with Gasteiger partial charge in [0, 0.05) is 11.6 Å². The number of esters is 1. The van der Waals surface area contributed by atoms with Crippen LogP contribution in [-0.4, -0.2) is 20.9 Å². The summed E-state index contributed by atoms with van der Waals surface area (Å²) in [5.74, 6) is 0.472. The number of rotatable bonds is 4. The van der Waals surface area contributed by atoms with Crippen molar-refractivity contribution in [2.24, 2.45) is 0 Å². The van der Waals surface area contributed by atoms with Crippen LogP contribution in [0, 0.1) is 6.92 Å². The Hall–Kier alpha value is -1.06. The van der Waals surface area contributed by atoms with Crippen molar-refractivity contribution >= 4 is 26.4 Å². The summed E-state index contributed by atoms with van der Waals surface area (Å²) in [6.07, 6.45) is 8.68. The van der Waals surface area contributed by atoms with Crippen molar-refractivity contribution in [1.82, 2.24) is 0 Å². The molecule has 1 aromatic rings. The fourth-order valence-electron chi connectivity index (χ4n) is 4.41. The van der Waals surface area contributed by atoms with Gasteiger partial charge in [-0.05, 0) is 62.5 Å². The highest BCUT2D eigenvalue weighted by Crippen LogP contribution is 2.42. The van der Waals surface area contributed by atoms with E-state index in [9.17, 15) is 4.79 Å². The highest BCUT2D eigenvalue weighted by atomic mass is 35.5. The Kier molecular flexibility index (Phi) is 6.77. The Morgan fingerprint density at radius 1 is 1.08 bits per heavy atom. The van der Waals surface area contributed by atoms with Crippen LogP contribution in [0.2, 0.25) is 17.6 Å². The fraction of sp³-hybridized carbons (Fsp3) is 0.571. The monoisotopic (exact) mass is 375 g/mol. The molecule has 1 aliphatic carbocycles. The van der Waals surface area contributed by atoms with Gasteiger partial charge in [0.15, 0.2) is 0 Å². The van der Waals surface area contributed by atoms with E-state index in [0.29, 0.717) is 0 Å². The molecule has 0 aromatic heterocycles. The summed E-state index contributed by atoms with van der Waals surface area (Å²) in [6, 6.07) is 12.1. The lowest BCUT2D eigenvalue weighted by molar-refractivity contribution is -0.144. The molecule has 0 N–H and O–H groups in total. The van der Waals surface area contributed by atoms with Crippen molar-refractivity contribution in [3.05, 3.63) is 47.0 Å². The topological polar surface area (TPSA) is 26.3 Å². The molecular weight excluding hydrogens is 348 g/mol. The van der Waals surface area contributed by atoms with E-state index in [0.717, 1.165) is 24.3 Å². The first-order valence-corrected chi connectivity index (χ1v) is 12.0. The third-order valence-corrected chi connectivity index (χ3v) is 9.63. The molecule has 135 valence electrons.